The summed E-state index contributed by atoms with van der Waals surface area (Å²) in [6, 6.07) is 0. The van der Waals surface area contributed by atoms with Crippen molar-refractivity contribution < 1.29 is 0 Å². The van der Waals surface area contributed by atoms with Crippen molar-refractivity contribution in [3.05, 3.63) is 11.1 Å². The molecule has 20 heavy (non-hydrogen) atoms. The van der Waals surface area contributed by atoms with Crippen LogP contribution in [-0.4, -0.2) is 0 Å². The van der Waals surface area contributed by atoms with Crippen molar-refractivity contribution in [1.82, 2.24) is 0 Å². The first-order valence-electron chi connectivity index (χ1n) is 9.30. The highest BCUT2D eigenvalue weighted by Crippen LogP contribution is 2.63. The summed E-state index contributed by atoms with van der Waals surface area (Å²) in [7, 11) is 0. The molecule has 0 heterocycles. The van der Waals surface area contributed by atoms with Gasteiger partial charge in [-0.1, -0.05) is 31.9 Å². The smallest absolute Gasteiger partial charge is 0.0169 e. The highest BCUT2D eigenvalue weighted by Gasteiger charge is 2.53. The maximum atomic E-state index is 2.64. The van der Waals surface area contributed by atoms with Crippen LogP contribution in [0.25, 0.3) is 0 Å². The fraction of sp³-hybridized carbons (Fsp3) is 0.900. The minimum absolute atomic E-state index is 0.696. The molecule has 0 saturated heterocycles. The van der Waals surface area contributed by atoms with Crippen LogP contribution in [-0.2, 0) is 0 Å². The summed E-state index contributed by atoms with van der Waals surface area (Å²) >= 11 is 0. The normalized spacial score (nSPS) is 51.5. The van der Waals surface area contributed by atoms with E-state index in [1.165, 1.54) is 57.8 Å². The lowest BCUT2D eigenvalue weighted by Gasteiger charge is -2.52. The number of fused-ring (bicyclic) bond motifs is 4. The standard InChI is InChI=1S/C20H32/c1-13-4-7-16-15(12-13)6-8-18-17(16)10-11-20(3)14(2)5-9-19(18)20/h13-14,17-19H,4-12H2,1-3H3. The van der Waals surface area contributed by atoms with Gasteiger partial charge in [-0.3, -0.25) is 0 Å². The molecule has 0 aromatic carbocycles. The molecule has 2 saturated carbocycles. The van der Waals surface area contributed by atoms with E-state index in [-0.39, 0.29) is 0 Å². The molecule has 0 amide bonds. The zero-order valence-corrected chi connectivity index (χ0v) is 13.8. The number of hydrogen-bond donors (Lipinski definition) is 0. The fourth-order valence-electron chi connectivity index (χ4n) is 6.67. The predicted molar refractivity (Wildman–Crippen MR) is 85.5 cm³/mol. The summed E-state index contributed by atoms with van der Waals surface area (Å²) in [6.45, 7) is 7.64. The number of hydrogen-bond acceptors (Lipinski definition) is 0. The Kier molecular flexibility index (Phi) is 3.09. The number of allylic oxidation sites excluding steroid dienone is 2. The second-order valence-electron chi connectivity index (χ2n) is 8.92. The molecule has 0 N–H and O–H groups in total. The van der Waals surface area contributed by atoms with Gasteiger partial charge in [0.25, 0.3) is 0 Å². The van der Waals surface area contributed by atoms with Gasteiger partial charge in [0.15, 0.2) is 0 Å². The van der Waals surface area contributed by atoms with Crippen LogP contribution in [0.2, 0.25) is 0 Å². The van der Waals surface area contributed by atoms with E-state index in [0.29, 0.717) is 5.41 Å². The largest absolute Gasteiger partial charge is 0.0704 e. The molecule has 2 fully saturated rings. The first kappa shape index (κ1) is 13.4. The Morgan fingerprint density at radius 2 is 1.80 bits per heavy atom. The molecule has 112 valence electrons. The minimum Gasteiger partial charge on any atom is -0.0704 e. The van der Waals surface area contributed by atoms with E-state index in [0.717, 1.165) is 29.6 Å². The lowest BCUT2D eigenvalue weighted by molar-refractivity contribution is 0.0171. The molecule has 0 bridgehead atoms. The highest BCUT2D eigenvalue weighted by molar-refractivity contribution is 5.26. The molecule has 0 aromatic rings. The third-order valence-electron chi connectivity index (χ3n) is 8.09. The second kappa shape index (κ2) is 4.62. The minimum atomic E-state index is 0.696. The zero-order valence-electron chi connectivity index (χ0n) is 13.8. The van der Waals surface area contributed by atoms with Gasteiger partial charge in [-0.25, -0.2) is 0 Å². The summed E-state index contributed by atoms with van der Waals surface area (Å²) in [6.07, 6.45) is 13.5. The second-order valence-corrected chi connectivity index (χ2v) is 8.92. The predicted octanol–water partition coefficient (Wildman–Crippen LogP) is 5.98. The van der Waals surface area contributed by atoms with Crippen molar-refractivity contribution >= 4 is 0 Å². The molecule has 0 nitrogen and oxygen atoms in total. The Balaban J connectivity index is 1.64. The summed E-state index contributed by atoms with van der Waals surface area (Å²) in [5.74, 6) is 5.07. The van der Waals surface area contributed by atoms with Crippen molar-refractivity contribution in [2.24, 2.45) is 35.0 Å². The maximum absolute atomic E-state index is 2.64. The van der Waals surface area contributed by atoms with Crippen molar-refractivity contribution in [3.8, 4) is 0 Å². The van der Waals surface area contributed by atoms with Crippen molar-refractivity contribution in [2.45, 2.75) is 78.6 Å². The average Bonchev–Trinajstić information content (AvgIpc) is 2.74. The van der Waals surface area contributed by atoms with E-state index in [1.54, 1.807) is 0 Å². The van der Waals surface area contributed by atoms with Gasteiger partial charge in [-0.05, 0) is 92.8 Å². The monoisotopic (exact) mass is 272 g/mol. The van der Waals surface area contributed by atoms with E-state index >= 15 is 0 Å². The summed E-state index contributed by atoms with van der Waals surface area (Å²) in [4.78, 5) is 0. The molecule has 6 unspecified atom stereocenters. The molecular formula is C20H32. The van der Waals surface area contributed by atoms with Gasteiger partial charge in [-0.15, -0.1) is 0 Å². The molecule has 4 rings (SSSR count). The van der Waals surface area contributed by atoms with Crippen LogP contribution in [0.15, 0.2) is 11.1 Å². The van der Waals surface area contributed by atoms with Gasteiger partial charge < -0.3 is 0 Å². The van der Waals surface area contributed by atoms with Gasteiger partial charge in [0.1, 0.15) is 0 Å². The van der Waals surface area contributed by atoms with Gasteiger partial charge in [0, 0.05) is 0 Å². The van der Waals surface area contributed by atoms with Crippen LogP contribution < -0.4 is 0 Å². The first-order valence-corrected chi connectivity index (χ1v) is 9.30. The SMILES string of the molecule is CC1CCC2=C(CCC3C2CCC2(C)C(C)CCC32)C1. The van der Waals surface area contributed by atoms with Crippen LogP contribution in [0.1, 0.15) is 78.6 Å². The molecule has 0 spiro atoms. The molecule has 0 aromatic heterocycles. The molecule has 4 aliphatic rings. The first-order chi connectivity index (χ1) is 9.59. The molecule has 0 heteroatoms. The Labute approximate surface area is 125 Å². The average molecular weight is 272 g/mol. The summed E-state index contributed by atoms with van der Waals surface area (Å²) in [5, 5.41) is 0. The summed E-state index contributed by atoms with van der Waals surface area (Å²) in [5.41, 5.74) is 4.59. The molecule has 4 aliphatic carbocycles. The van der Waals surface area contributed by atoms with Crippen molar-refractivity contribution in [2.75, 3.05) is 0 Å². The van der Waals surface area contributed by atoms with E-state index in [4.69, 9.17) is 0 Å². The fourth-order valence-corrected chi connectivity index (χ4v) is 6.67. The van der Waals surface area contributed by atoms with Gasteiger partial charge in [-0.2, -0.15) is 0 Å². The van der Waals surface area contributed by atoms with Crippen LogP contribution >= 0.6 is 0 Å². The lowest BCUT2D eigenvalue weighted by atomic mass is 9.53. The van der Waals surface area contributed by atoms with Gasteiger partial charge in [0.2, 0.25) is 0 Å². The summed E-state index contributed by atoms with van der Waals surface area (Å²) < 4.78 is 0. The Hall–Kier alpha value is -0.260. The number of rotatable bonds is 0. The van der Waals surface area contributed by atoms with Crippen LogP contribution in [0.4, 0.5) is 0 Å². The van der Waals surface area contributed by atoms with Gasteiger partial charge >= 0.3 is 0 Å². The van der Waals surface area contributed by atoms with Crippen LogP contribution in [0, 0.1) is 35.0 Å². The quantitative estimate of drug-likeness (QED) is 0.476. The Morgan fingerprint density at radius 1 is 0.950 bits per heavy atom. The molecule has 0 aliphatic heterocycles. The highest BCUT2D eigenvalue weighted by atomic mass is 14.6. The van der Waals surface area contributed by atoms with Gasteiger partial charge in [0.05, 0.1) is 0 Å². The van der Waals surface area contributed by atoms with Crippen molar-refractivity contribution in [1.29, 1.82) is 0 Å². The maximum Gasteiger partial charge on any atom is -0.0169 e. The lowest BCUT2D eigenvalue weighted by Crippen LogP contribution is -2.43. The third-order valence-corrected chi connectivity index (χ3v) is 8.09. The molecule has 6 atom stereocenters. The van der Waals surface area contributed by atoms with Crippen LogP contribution in [0.5, 0.6) is 0 Å². The zero-order chi connectivity index (χ0) is 13.9. The molecular weight excluding hydrogens is 240 g/mol. The Bertz CT molecular complexity index is 431. The van der Waals surface area contributed by atoms with Crippen LogP contribution in [0.3, 0.4) is 0 Å². The van der Waals surface area contributed by atoms with E-state index < -0.39 is 0 Å². The van der Waals surface area contributed by atoms with E-state index in [1.807, 2.05) is 11.1 Å². The third kappa shape index (κ3) is 1.79. The van der Waals surface area contributed by atoms with Crippen molar-refractivity contribution in [3.63, 3.8) is 0 Å². The molecule has 0 radical (unpaired) electrons. The van der Waals surface area contributed by atoms with E-state index in [9.17, 15) is 0 Å². The van der Waals surface area contributed by atoms with E-state index in [2.05, 4.69) is 20.8 Å². The Morgan fingerprint density at radius 3 is 2.65 bits per heavy atom. The topological polar surface area (TPSA) is 0 Å².